The molecule has 2 atom stereocenters. The third kappa shape index (κ3) is 4.84. The Hall–Kier alpha value is -2.61. The van der Waals surface area contributed by atoms with Crippen molar-refractivity contribution in [2.24, 2.45) is 0 Å². The number of carbonyl (C=O) groups is 1. The molecular weight excluding hydrogens is 421 g/mol. The third-order valence-corrected chi connectivity index (χ3v) is 6.00. The van der Waals surface area contributed by atoms with Crippen LogP contribution in [0.15, 0.2) is 48.7 Å². The van der Waals surface area contributed by atoms with E-state index in [4.69, 9.17) is 26.8 Å². The van der Waals surface area contributed by atoms with Gasteiger partial charge in [0.05, 0.1) is 37.4 Å². The highest BCUT2D eigenvalue weighted by Crippen LogP contribution is 2.30. The summed E-state index contributed by atoms with van der Waals surface area (Å²) in [6, 6.07) is 9.97. The Kier molecular flexibility index (Phi) is 6.46. The molecule has 31 heavy (non-hydrogen) atoms. The quantitative estimate of drug-likeness (QED) is 0.418. The molecule has 2 bridgehead atoms. The number of hydrogen-bond acceptors (Lipinski definition) is 6. The zero-order valence-corrected chi connectivity index (χ0v) is 18.0. The van der Waals surface area contributed by atoms with Gasteiger partial charge in [-0.2, -0.15) is 0 Å². The highest BCUT2D eigenvalue weighted by molar-refractivity contribution is 6.32. The summed E-state index contributed by atoms with van der Waals surface area (Å²) in [6.07, 6.45) is 3.38. The highest BCUT2D eigenvalue weighted by Gasteiger charge is 2.36. The Morgan fingerprint density at radius 3 is 2.58 bits per heavy atom. The maximum atomic E-state index is 13.2. The van der Waals surface area contributed by atoms with Gasteiger partial charge in [-0.05, 0) is 29.8 Å². The van der Waals surface area contributed by atoms with Crippen molar-refractivity contribution in [2.45, 2.75) is 18.6 Å². The van der Waals surface area contributed by atoms with Crippen LogP contribution >= 0.6 is 11.6 Å². The van der Waals surface area contributed by atoms with E-state index < -0.39 is 0 Å². The molecule has 8 heteroatoms. The van der Waals surface area contributed by atoms with Gasteiger partial charge in [0, 0.05) is 43.2 Å². The summed E-state index contributed by atoms with van der Waals surface area (Å²) in [4.78, 5) is 17.3. The zero-order chi connectivity index (χ0) is 22.0. The number of nitrogen functional groups attached to an aromatic ring is 1. The Balaban J connectivity index is 1.45. The van der Waals surface area contributed by atoms with Crippen LogP contribution in [0.4, 0.5) is 10.1 Å². The van der Waals surface area contributed by atoms with Crippen molar-refractivity contribution >= 4 is 23.1 Å². The number of methoxy groups -OCH3 is 1. The first-order valence-electron chi connectivity index (χ1n) is 10.1. The average molecular weight is 446 g/mol. The van der Waals surface area contributed by atoms with E-state index in [1.165, 1.54) is 25.3 Å². The number of halogens is 2. The van der Waals surface area contributed by atoms with Gasteiger partial charge in [0.25, 0.3) is 0 Å². The van der Waals surface area contributed by atoms with E-state index in [2.05, 4.69) is 9.80 Å². The lowest BCUT2D eigenvalue weighted by Gasteiger charge is -2.49. The summed E-state index contributed by atoms with van der Waals surface area (Å²) in [5, 5.41) is 0.365. The van der Waals surface area contributed by atoms with E-state index >= 15 is 0 Å². The molecule has 0 aliphatic carbocycles. The number of benzene rings is 2. The molecule has 2 unspecified atom stereocenters. The monoisotopic (exact) mass is 445 g/mol. The molecule has 2 aliphatic rings. The molecule has 164 valence electrons. The van der Waals surface area contributed by atoms with Crippen LogP contribution in [0.25, 0.3) is 0 Å². The molecule has 2 aromatic carbocycles. The minimum absolute atomic E-state index is 0.133. The number of morpholine rings is 1. The van der Waals surface area contributed by atoms with E-state index in [9.17, 15) is 9.18 Å². The maximum Gasteiger partial charge on any atom is 0.189 e. The van der Waals surface area contributed by atoms with Gasteiger partial charge in [0.1, 0.15) is 11.6 Å². The maximum absolute atomic E-state index is 13.2. The van der Waals surface area contributed by atoms with Gasteiger partial charge in [-0.15, -0.1) is 0 Å². The largest absolute Gasteiger partial charge is 0.495 e. The number of piperazine rings is 1. The summed E-state index contributed by atoms with van der Waals surface area (Å²) in [7, 11) is 1.49. The molecule has 2 saturated heterocycles. The Morgan fingerprint density at radius 2 is 1.94 bits per heavy atom. The molecule has 0 radical (unpaired) electrons. The Morgan fingerprint density at radius 1 is 1.26 bits per heavy atom. The lowest BCUT2D eigenvalue weighted by atomic mass is 10.0. The minimum atomic E-state index is -0.229. The smallest absolute Gasteiger partial charge is 0.189 e. The van der Waals surface area contributed by atoms with Crippen LogP contribution in [0.3, 0.4) is 0 Å². The first-order valence-corrected chi connectivity index (χ1v) is 10.5. The number of ketones is 1. The fraction of sp³-hybridized carbons (Fsp3) is 0.348. The normalized spacial score (nSPS) is 21.5. The van der Waals surface area contributed by atoms with Crippen LogP contribution < -0.4 is 10.5 Å². The number of nitrogens with two attached hydrogens (primary N) is 1. The number of anilines is 1. The molecular formula is C23H25ClFN3O3. The van der Waals surface area contributed by atoms with Gasteiger partial charge < -0.3 is 20.1 Å². The lowest BCUT2D eigenvalue weighted by molar-refractivity contribution is -0.0767. The van der Waals surface area contributed by atoms with Crippen molar-refractivity contribution in [3.05, 3.63) is 70.6 Å². The van der Waals surface area contributed by atoms with Crippen molar-refractivity contribution in [1.82, 2.24) is 9.80 Å². The predicted octanol–water partition coefficient (Wildman–Crippen LogP) is 3.35. The second-order valence-corrected chi connectivity index (χ2v) is 8.27. The average Bonchev–Trinajstić information content (AvgIpc) is 2.73. The number of rotatable bonds is 6. The molecule has 2 N–H and O–H groups in total. The van der Waals surface area contributed by atoms with Gasteiger partial charge in [0.2, 0.25) is 0 Å². The minimum Gasteiger partial charge on any atom is -0.495 e. The van der Waals surface area contributed by atoms with Gasteiger partial charge in [-0.25, -0.2) is 4.39 Å². The van der Waals surface area contributed by atoms with Gasteiger partial charge in [0.15, 0.2) is 5.78 Å². The second kappa shape index (κ2) is 9.26. The topological polar surface area (TPSA) is 68.0 Å². The van der Waals surface area contributed by atoms with E-state index in [1.54, 1.807) is 12.1 Å². The van der Waals surface area contributed by atoms with Crippen LogP contribution in [-0.2, 0) is 11.3 Å². The summed E-state index contributed by atoms with van der Waals surface area (Å²) in [6.45, 7) is 3.52. The SMILES string of the molecule is COc1cc(C(=O)C=CN2C3COCC2CN(Cc2ccc(F)cc2)C3)c(N)cc1Cl. The van der Waals surface area contributed by atoms with E-state index in [0.29, 0.717) is 35.2 Å². The molecule has 0 saturated carbocycles. The first kappa shape index (κ1) is 21.6. The van der Waals surface area contributed by atoms with Crippen molar-refractivity contribution in [3.8, 4) is 5.75 Å². The highest BCUT2D eigenvalue weighted by atomic mass is 35.5. The Bertz CT molecular complexity index is 969. The van der Waals surface area contributed by atoms with Crippen LogP contribution in [0.2, 0.25) is 5.02 Å². The van der Waals surface area contributed by atoms with Crippen molar-refractivity contribution < 1.29 is 18.7 Å². The van der Waals surface area contributed by atoms with Crippen molar-refractivity contribution in [3.63, 3.8) is 0 Å². The molecule has 0 aromatic heterocycles. The number of fused-ring (bicyclic) bond motifs is 2. The van der Waals surface area contributed by atoms with Gasteiger partial charge >= 0.3 is 0 Å². The molecule has 6 nitrogen and oxygen atoms in total. The number of ether oxygens (including phenoxy) is 2. The second-order valence-electron chi connectivity index (χ2n) is 7.87. The summed E-state index contributed by atoms with van der Waals surface area (Å²) >= 11 is 6.07. The predicted molar refractivity (Wildman–Crippen MR) is 118 cm³/mol. The van der Waals surface area contributed by atoms with Crippen molar-refractivity contribution in [1.29, 1.82) is 0 Å². The molecule has 0 amide bonds. The van der Waals surface area contributed by atoms with Crippen LogP contribution in [0.5, 0.6) is 5.75 Å². The molecule has 2 fully saturated rings. The summed E-state index contributed by atoms with van der Waals surface area (Å²) in [5.74, 6) is -0.0277. The fourth-order valence-corrected chi connectivity index (χ4v) is 4.43. The molecule has 2 aliphatic heterocycles. The van der Waals surface area contributed by atoms with E-state index in [1.807, 2.05) is 18.3 Å². The molecule has 2 aromatic rings. The zero-order valence-electron chi connectivity index (χ0n) is 17.3. The molecule has 2 heterocycles. The first-order chi connectivity index (χ1) is 14.9. The van der Waals surface area contributed by atoms with E-state index in [0.717, 1.165) is 25.2 Å². The van der Waals surface area contributed by atoms with Crippen LogP contribution in [-0.4, -0.2) is 61.1 Å². The fourth-order valence-electron chi connectivity index (χ4n) is 4.18. The number of hydrogen-bond donors (Lipinski definition) is 1. The molecule has 4 rings (SSSR count). The van der Waals surface area contributed by atoms with E-state index in [-0.39, 0.29) is 23.7 Å². The number of allylic oxidation sites excluding steroid dienone is 1. The van der Waals surface area contributed by atoms with Crippen LogP contribution in [0.1, 0.15) is 15.9 Å². The summed E-state index contributed by atoms with van der Waals surface area (Å²) < 4.78 is 24.1. The summed E-state index contributed by atoms with van der Waals surface area (Å²) in [5.41, 5.74) is 7.73. The van der Waals surface area contributed by atoms with Gasteiger partial charge in [-0.1, -0.05) is 23.7 Å². The Labute approximate surface area is 186 Å². The molecule has 0 spiro atoms. The third-order valence-electron chi connectivity index (χ3n) is 5.71. The number of nitrogens with zero attached hydrogens (tertiary/aromatic N) is 2. The lowest BCUT2D eigenvalue weighted by Crippen LogP contribution is -2.62. The van der Waals surface area contributed by atoms with Gasteiger partial charge in [-0.3, -0.25) is 9.69 Å². The van der Waals surface area contributed by atoms with Crippen LogP contribution in [0, 0.1) is 5.82 Å². The van der Waals surface area contributed by atoms with Crippen molar-refractivity contribution in [2.75, 3.05) is 39.1 Å². The standard InChI is InChI=1S/C23H25ClFN3O3/c1-30-23-8-19(21(26)9-20(23)24)22(29)6-7-28-17-11-27(12-18(28)14-31-13-17)10-15-2-4-16(25)5-3-15/h2-9,17-18H,10-14,26H2,1H3. The number of carbonyl (C=O) groups excluding carboxylic acids is 1.